The fourth-order valence-corrected chi connectivity index (χ4v) is 6.24. The van der Waals surface area contributed by atoms with Crippen LogP contribution in [-0.2, 0) is 28.6 Å². The standard InChI is InChI=1S/C59H90O6/c1-4-7-10-13-16-19-22-24-26-28-29-31-32-34-37-40-43-46-49-52-58(61)64-55-56(54-63-57(60)51-48-45-42-39-36-21-18-15-12-9-6-3)65-59(62)53-50-47-44-41-38-35-33-30-27-25-23-20-17-14-11-8-5-2/h7,9-10,12-13,16-22,24-29,31-32,34,37,39,42,56H,4-6,8,11,14-15,23,30,33,35-36,38,40-41,43-55H2,1-3H3/b10-7-,12-9-,16-13-,20-17-,21-18-,22-19-,26-24-,27-25-,29-28+,32-31-,37-34-,42-39-. The van der Waals surface area contributed by atoms with E-state index in [1.54, 1.807) is 0 Å². The Hall–Kier alpha value is -4.71. The highest BCUT2D eigenvalue weighted by atomic mass is 16.6. The second-order valence-electron chi connectivity index (χ2n) is 16.1. The first-order valence-corrected chi connectivity index (χ1v) is 25.4. The molecule has 0 radical (unpaired) electrons. The number of esters is 3. The molecule has 6 nitrogen and oxygen atoms in total. The Bertz CT molecular complexity index is 1490. The smallest absolute Gasteiger partial charge is 0.306 e. The summed E-state index contributed by atoms with van der Waals surface area (Å²) < 4.78 is 16.7. The molecule has 0 aliphatic rings. The van der Waals surface area contributed by atoms with Crippen LogP contribution in [0.4, 0.5) is 0 Å². The lowest BCUT2D eigenvalue weighted by molar-refractivity contribution is -0.167. The topological polar surface area (TPSA) is 78.9 Å². The minimum Gasteiger partial charge on any atom is -0.462 e. The molecule has 0 amide bonds. The van der Waals surface area contributed by atoms with Crippen molar-refractivity contribution in [3.63, 3.8) is 0 Å². The zero-order chi connectivity index (χ0) is 47.2. The zero-order valence-corrected chi connectivity index (χ0v) is 41.2. The Morgan fingerprint density at radius 3 is 1.20 bits per heavy atom. The summed E-state index contributed by atoms with van der Waals surface area (Å²) in [6, 6.07) is 0. The lowest BCUT2D eigenvalue weighted by Gasteiger charge is -2.18. The number of hydrogen-bond acceptors (Lipinski definition) is 6. The van der Waals surface area contributed by atoms with Crippen molar-refractivity contribution in [2.24, 2.45) is 0 Å². The second kappa shape index (κ2) is 51.9. The normalized spacial score (nSPS) is 13.3. The van der Waals surface area contributed by atoms with Crippen LogP contribution in [0.3, 0.4) is 0 Å². The molecule has 6 heteroatoms. The van der Waals surface area contributed by atoms with Gasteiger partial charge in [0.15, 0.2) is 6.10 Å². The van der Waals surface area contributed by atoms with Crippen LogP contribution in [0.5, 0.6) is 0 Å². The summed E-state index contributed by atoms with van der Waals surface area (Å²) in [5.41, 5.74) is 0. The third-order valence-electron chi connectivity index (χ3n) is 10.0. The monoisotopic (exact) mass is 895 g/mol. The Balaban J connectivity index is 4.56. The van der Waals surface area contributed by atoms with E-state index in [0.717, 1.165) is 89.9 Å². The number of ether oxygens (including phenoxy) is 3. The highest BCUT2D eigenvalue weighted by Gasteiger charge is 2.19. The summed E-state index contributed by atoms with van der Waals surface area (Å²) >= 11 is 0. The van der Waals surface area contributed by atoms with E-state index < -0.39 is 6.10 Å². The molecule has 1 atom stereocenters. The van der Waals surface area contributed by atoms with Crippen LogP contribution in [0.2, 0.25) is 0 Å². The lowest BCUT2D eigenvalue weighted by Crippen LogP contribution is -2.30. The zero-order valence-electron chi connectivity index (χ0n) is 41.2. The maximum absolute atomic E-state index is 12.8. The quantitative estimate of drug-likeness (QED) is 0.0199. The van der Waals surface area contributed by atoms with Crippen molar-refractivity contribution in [3.05, 3.63) is 146 Å². The molecule has 0 saturated carbocycles. The van der Waals surface area contributed by atoms with Crippen molar-refractivity contribution in [1.82, 2.24) is 0 Å². The predicted octanol–water partition coefficient (Wildman–Crippen LogP) is 16.9. The minimum atomic E-state index is -0.827. The molecule has 362 valence electrons. The van der Waals surface area contributed by atoms with E-state index in [4.69, 9.17) is 14.2 Å². The predicted molar refractivity (Wildman–Crippen MR) is 279 cm³/mol. The van der Waals surface area contributed by atoms with Gasteiger partial charge in [0.25, 0.3) is 0 Å². The molecule has 0 aromatic heterocycles. The molecular formula is C59H90O6. The summed E-state index contributed by atoms with van der Waals surface area (Å²) in [6.45, 7) is 6.22. The fraction of sp³-hybridized carbons (Fsp3) is 0.542. The maximum atomic E-state index is 12.8. The molecule has 0 aromatic rings. The molecule has 0 aliphatic carbocycles. The summed E-state index contributed by atoms with van der Waals surface area (Å²) in [7, 11) is 0. The van der Waals surface area contributed by atoms with Gasteiger partial charge in [-0.3, -0.25) is 14.4 Å². The van der Waals surface area contributed by atoms with Crippen LogP contribution in [0.1, 0.15) is 188 Å². The number of hydrogen-bond donors (Lipinski definition) is 0. The first-order chi connectivity index (χ1) is 32.0. The Morgan fingerprint density at radius 1 is 0.338 bits per heavy atom. The van der Waals surface area contributed by atoms with Crippen molar-refractivity contribution in [2.75, 3.05) is 13.2 Å². The summed E-state index contributed by atoms with van der Waals surface area (Å²) in [5.74, 6) is -1.04. The van der Waals surface area contributed by atoms with E-state index >= 15 is 0 Å². The Kier molecular flexibility index (Phi) is 48.2. The molecule has 0 aliphatic heterocycles. The van der Waals surface area contributed by atoms with Gasteiger partial charge in [0.1, 0.15) is 13.2 Å². The van der Waals surface area contributed by atoms with Gasteiger partial charge >= 0.3 is 17.9 Å². The van der Waals surface area contributed by atoms with E-state index in [-0.39, 0.29) is 44.0 Å². The Morgan fingerprint density at radius 2 is 0.692 bits per heavy atom. The van der Waals surface area contributed by atoms with Crippen molar-refractivity contribution in [1.29, 1.82) is 0 Å². The van der Waals surface area contributed by atoms with Gasteiger partial charge in [-0.1, -0.05) is 218 Å². The number of carbonyl (C=O) groups excluding carboxylic acids is 3. The average Bonchev–Trinajstić information content (AvgIpc) is 3.30. The molecule has 1 unspecified atom stereocenters. The number of allylic oxidation sites excluding steroid dienone is 24. The molecule has 0 fully saturated rings. The van der Waals surface area contributed by atoms with E-state index in [1.807, 2.05) is 72.9 Å². The summed E-state index contributed by atoms with van der Waals surface area (Å²) in [5, 5.41) is 0. The molecule has 0 N–H and O–H groups in total. The van der Waals surface area contributed by atoms with E-state index in [1.165, 1.54) is 44.9 Å². The lowest BCUT2D eigenvalue weighted by atomic mass is 10.1. The highest BCUT2D eigenvalue weighted by molar-refractivity contribution is 5.71. The van der Waals surface area contributed by atoms with E-state index in [9.17, 15) is 14.4 Å². The second-order valence-corrected chi connectivity index (χ2v) is 16.1. The third-order valence-corrected chi connectivity index (χ3v) is 10.0. The van der Waals surface area contributed by atoms with Gasteiger partial charge in [-0.25, -0.2) is 0 Å². The van der Waals surface area contributed by atoms with Crippen molar-refractivity contribution < 1.29 is 28.6 Å². The van der Waals surface area contributed by atoms with E-state index in [0.29, 0.717) is 19.3 Å². The van der Waals surface area contributed by atoms with Crippen LogP contribution >= 0.6 is 0 Å². The van der Waals surface area contributed by atoms with E-state index in [2.05, 4.69) is 93.7 Å². The van der Waals surface area contributed by atoms with Crippen LogP contribution in [0, 0.1) is 0 Å². The average molecular weight is 895 g/mol. The SMILES string of the molecule is CC\C=C/C=C\C=C/C=C\C=C\C=C/C=C\CCCCCC(=O)OCC(COC(=O)CCC/C=C\C/C=C\C/C=C\CC)OC(=O)CCCCCCCCC/C=C\C/C=C\CCCCC. The molecule has 0 rings (SSSR count). The summed E-state index contributed by atoms with van der Waals surface area (Å²) in [4.78, 5) is 37.9. The fourth-order valence-electron chi connectivity index (χ4n) is 6.24. The van der Waals surface area contributed by atoms with Gasteiger partial charge in [0.2, 0.25) is 0 Å². The Labute approximate surface area is 397 Å². The largest absolute Gasteiger partial charge is 0.462 e. The van der Waals surface area contributed by atoms with Gasteiger partial charge < -0.3 is 14.2 Å². The van der Waals surface area contributed by atoms with Crippen molar-refractivity contribution in [3.8, 4) is 0 Å². The molecule has 0 saturated heterocycles. The summed E-state index contributed by atoms with van der Waals surface area (Å²) in [6.07, 6.45) is 74.0. The van der Waals surface area contributed by atoms with Crippen molar-refractivity contribution in [2.45, 2.75) is 194 Å². The molecular weight excluding hydrogens is 805 g/mol. The van der Waals surface area contributed by atoms with Gasteiger partial charge in [0.05, 0.1) is 0 Å². The van der Waals surface area contributed by atoms with Gasteiger partial charge in [-0.2, -0.15) is 0 Å². The highest BCUT2D eigenvalue weighted by Crippen LogP contribution is 2.12. The van der Waals surface area contributed by atoms with Crippen LogP contribution in [-0.4, -0.2) is 37.2 Å². The van der Waals surface area contributed by atoms with Crippen LogP contribution in [0.15, 0.2) is 146 Å². The minimum absolute atomic E-state index is 0.127. The van der Waals surface area contributed by atoms with Crippen LogP contribution < -0.4 is 0 Å². The molecule has 0 spiro atoms. The molecule has 0 bridgehead atoms. The maximum Gasteiger partial charge on any atom is 0.306 e. The van der Waals surface area contributed by atoms with Gasteiger partial charge in [0, 0.05) is 19.3 Å². The first kappa shape index (κ1) is 60.3. The third kappa shape index (κ3) is 50.2. The number of carbonyl (C=O) groups is 3. The van der Waals surface area contributed by atoms with Gasteiger partial charge in [-0.15, -0.1) is 0 Å². The molecule has 0 aromatic carbocycles. The van der Waals surface area contributed by atoms with Gasteiger partial charge in [-0.05, 0) is 96.3 Å². The molecule has 65 heavy (non-hydrogen) atoms. The van der Waals surface area contributed by atoms with Crippen LogP contribution in [0.25, 0.3) is 0 Å². The van der Waals surface area contributed by atoms with Crippen molar-refractivity contribution >= 4 is 17.9 Å². The first-order valence-electron chi connectivity index (χ1n) is 25.4. The number of rotatable bonds is 43. The number of unbranched alkanes of at least 4 members (excludes halogenated alkanes) is 14. The molecule has 0 heterocycles.